The SMILES string of the molecule is C#CCOc1ccc(C(=O)c2ccc(OCC#C)cc2)cc1.C#CCOc1ccc(C(=O)c2ccc(OCC(O)CC)cc2)cc1.CCCCOc1ccc(C(=O)c2ccc(O)cc2)cc1.CCCCOc1ccc(C(=O)c2ccc(OCCCCl)cc2)cc1.C[C@H](CCl)COc1ccc(C(=O)c2ccc(OCC(O)CCl)cc2)cc1. The van der Waals surface area contributed by atoms with Gasteiger partial charge in [0.2, 0.25) is 0 Å². The molecule has 10 aromatic rings. The van der Waals surface area contributed by atoms with Gasteiger partial charge in [-0.2, -0.15) is 0 Å². The highest BCUT2D eigenvalue weighted by Gasteiger charge is 2.16. The third-order valence-electron chi connectivity index (χ3n) is 16.6. The molecule has 0 heterocycles. The predicted octanol–water partition coefficient (Wildman–Crippen LogP) is 19.1. The molecule has 0 aromatic heterocycles. The van der Waals surface area contributed by atoms with E-state index < -0.39 is 12.2 Å². The van der Waals surface area contributed by atoms with Gasteiger partial charge in [-0.05, 0) is 268 Å². The smallest absolute Gasteiger partial charge is 0.193 e. The van der Waals surface area contributed by atoms with Crippen LogP contribution in [-0.4, -0.2) is 134 Å². The molecule has 0 radical (unpaired) electrons. The van der Waals surface area contributed by atoms with Crippen LogP contribution in [0.1, 0.15) is 146 Å². The molecule has 0 aliphatic rings. The number of carbonyl (C=O) groups is 5. The Labute approximate surface area is 695 Å². The second-order valence-corrected chi connectivity index (χ2v) is 26.7. The summed E-state index contributed by atoms with van der Waals surface area (Å²) >= 11 is 16.9. The molecule has 17 nitrogen and oxygen atoms in total. The zero-order valence-electron chi connectivity index (χ0n) is 65.5. The van der Waals surface area contributed by atoms with Crippen LogP contribution in [0.3, 0.4) is 0 Å². The number of halogens is 3. The van der Waals surface area contributed by atoms with E-state index in [2.05, 4.69) is 31.6 Å². The van der Waals surface area contributed by atoms with Gasteiger partial charge in [-0.3, -0.25) is 24.0 Å². The molecule has 0 saturated heterocycles. The Bertz CT molecular complexity index is 4490. The molecule has 2 unspecified atom stereocenters. The normalized spacial score (nSPS) is 11.0. The average molecular weight is 1630 g/mol. The van der Waals surface area contributed by atoms with Crippen molar-refractivity contribution < 1.29 is 81.9 Å². The van der Waals surface area contributed by atoms with Gasteiger partial charge < -0.3 is 58.0 Å². The van der Waals surface area contributed by atoms with E-state index in [0.717, 1.165) is 49.4 Å². The highest BCUT2D eigenvalue weighted by molar-refractivity contribution is 6.18. The highest BCUT2D eigenvalue weighted by atomic mass is 35.5. The minimum atomic E-state index is -0.717. The van der Waals surface area contributed by atoms with Crippen LogP contribution in [0, 0.1) is 42.9 Å². The lowest BCUT2D eigenvalue weighted by atomic mass is 10.0. The van der Waals surface area contributed by atoms with Gasteiger partial charge in [0.05, 0.1) is 38.4 Å². The van der Waals surface area contributed by atoms with E-state index >= 15 is 0 Å². The standard InChI is InChI=1S/C20H22Cl2O4.C20H23ClO3.C20H20O4.C19H14O3.C17H18O3/c1-14(10-21)12-25-18-6-2-15(3-7-18)20(24)16-4-8-19(9-5-16)26-13-17(23)11-22;1-2-3-14-23-18-9-5-16(6-10-18)20(22)17-7-11-19(12-8-17)24-15-4-13-21;1-3-13-23-18-9-5-15(6-10-18)20(22)16-7-11-19(12-8-16)24-14-17(21)4-2;1-3-13-21-17-9-5-15(6-10-17)19(20)16-7-11-18(12-8-16)22-14-4-2;1-2-3-12-20-16-10-6-14(7-11-16)17(19)13-4-8-15(18)9-5-13/h2-9,14,17,23H,10-13H2,1H3;5-12H,2-4,13-15H2,1H3;1,5-12,17,21H,4,13-14H2,2H3;1-2,5-12H,13-14H2;4-11,18H,2-3,12H2,1H3/t14-,17?;;;;/m1..../s1. The third kappa shape index (κ3) is 33.6. The predicted molar refractivity (Wildman–Crippen MR) is 457 cm³/mol. The Kier molecular flexibility index (Phi) is 42.6. The molecule has 0 aliphatic carbocycles. The number of alkyl halides is 3. The molecule has 0 spiro atoms. The first-order chi connectivity index (χ1) is 56.3. The monoisotopic (exact) mass is 1630 g/mol. The number of phenolic OH excluding ortho intramolecular Hbond substituents is 1. The third-order valence-corrected chi connectivity index (χ3v) is 17.7. The van der Waals surface area contributed by atoms with Crippen molar-refractivity contribution in [2.75, 3.05) is 77.1 Å². The number of rotatable bonds is 40. The van der Waals surface area contributed by atoms with Gasteiger partial charge in [0.1, 0.15) is 96.6 Å². The maximum Gasteiger partial charge on any atom is 0.193 e. The van der Waals surface area contributed by atoms with Crippen molar-refractivity contribution >= 4 is 63.7 Å². The first-order valence-electron chi connectivity index (χ1n) is 37.8. The summed E-state index contributed by atoms with van der Waals surface area (Å²) in [6.45, 7) is 11.6. The molecular weight excluding hydrogens is 1530 g/mol. The van der Waals surface area contributed by atoms with Gasteiger partial charge in [-0.1, -0.05) is 58.3 Å². The average Bonchev–Trinajstić information content (AvgIpc) is 0.866. The van der Waals surface area contributed by atoms with Gasteiger partial charge in [-0.25, -0.2) is 0 Å². The van der Waals surface area contributed by atoms with Crippen LogP contribution < -0.4 is 42.6 Å². The molecule has 10 rings (SSSR count). The second-order valence-electron chi connectivity index (χ2n) is 25.7. The van der Waals surface area contributed by atoms with Crippen LogP contribution in [0.4, 0.5) is 0 Å². The molecule has 0 bridgehead atoms. The van der Waals surface area contributed by atoms with E-state index in [1.807, 2.05) is 50.2 Å². The van der Waals surface area contributed by atoms with Gasteiger partial charge in [0.25, 0.3) is 0 Å². The lowest BCUT2D eigenvalue weighted by Gasteiger charge is -2.11. The first kappa shape index (κ1) is 92.9. The zero-order valence-corrected chi connectivity index (χ0v) is 67.7. The van der Waals surface area contributed by atoms with Crippen molar-refractivity contribution in [1.29, 1.82) is 0 Å². The van der Waals surface area contributed by atoms with E-state index in [-0.39, 0.29) is 79.5 Å². The van der Waals surface area contributed by atoms with Crippen molar-refractivity contribution in [3.8, 4) is 94.5 Å². The fraction of sp³-hybridized carbons (Fsp3) is 0.260. The van der Waals surface area contributed by atoms with Gasteiger partial charge in [-0.15, -0.1) is 54.1 Å². The lowest BCUT2D eigenvalue weighted by molar-refractivity contribution is 0.102. The summed E-state index contributed by atoms with van der Waals surface area (Å²) in [5, 5.41) is 28.1. The van der Waals surface area contributed by atoms with Crippen molar-refractivity contribution in [3.63, 3.8) is 0 Å². The van der Waals surface area contributed by atoms with Crippen LogP contribution in [0.5, 0.6) is 57.5 Å². The number of carbonyl (C=O) groups excluding carboxylic acids is 5. The summed E-state index contributed by atoms with van der Waals surface area (Å²) in [6.07, 6.45) is 19.9. The van der Waals surface area contributed by atoms with Gasteiger partial charge in [0, 0.05) is 73.3 Å². The maximum atomic E-state index is 12.5. The summed E-state index contributed by atoms with van der Waals surface area (Å²) in [7, 11) is 0. The van der Waals surface area contributed by atoms with Crippen LogP contribution in [-0.2, 0) is 0 Å². The Morgan fingerprint density at radius 2 is 0.526 bits per heavy atom. The number of ketones is 5. The molecule has 116 heavy (non-hydrogen) atoms. The van der Waals surface area contributed by atoms with Crippen molar-refractivity contribution in [1.82, 2.24) is 0 Å². The minimum absolute atomic E-state index is 0.0117. The van der Waals surface area contributed by atoms with Crippen molar-refractivity contribution in [3.05, 3.63) is 298 Å². The summed E-state index contributed by atoms with van der Waals surface area (Å²) in [5.74, 6) is 14.6. The number of aliphatic hydroxyl groups is 2. The number of unbranched alkanes of at least 4 members (excludes halogenated alkanes) is 2. The van der Waals surface area contributed by atoms with Crippen molar-refractivity contribution in [2.45, 2.75) is 78.4 Å². The number of ether oxygens (including phenoxy) is 9. The quantitative estimate of drug-likeness (QED) is 0.0140. The lowest BCUT2D eigenvalue weighted by Crippen LogP contribution is -2.18. The molecule has 3 atom stereocenters. The summed E-state index contributed by atoms with van der Waals surface area (Å²) in [4.78, 5) is 62.0. The van der Waals surface area contributed by atoms with Crippen LogP contribution >= 0.6 is 34.8 Å². The Morgan fingerprint density at radius 1 is 0.310 bits per heavy atom. The fourth-order valence-corrected chi connectivity index (χ4v) is 10.2. The Morgan fingerprint density at radius 3 is 0.741 bits per heavy atom. The number of aliphatic hydroxyl groups excluding tert-OH is 2. The number of benzene rings is 10. The molecule has 0 aliphatic heterocycles. The molecular formula is C96H97Cl3O17. The maximum absolute atomic E-state index is 12.5. The van der Waals surface area contributed by atoms with E-state index in [0.29, 0.717) is 135 Å². The van der Waals surface area contributed by atoms with Gasteiger partial charge in [0.15, 0.2) is 28.9 Å². The molecule has 3 N–H and O–H groups in total. The zero-order chi connectivity index (χ0) is 83.7. The minimum Gasteiger partial charge on any atom is -0.508 e. The Hall–Kier alpha value is -12.0. The molecule has 604 valence electrons. The largest absolute Gasteiger partial charge is 0.508 e. The topological polar surface area (TPSA) is 229 Å². The number of hydrogen-bond acceptors (Lipinski definition) is 17. The van der Waals surface area contributed by atoms with E-state index in [9.17, 15) is 39.3 Å². The highest BCUT2D eigenvalue weighted by Crippen LogP contribution is 2.25. The fourth-order valence-electron chi connectivity index (χ4n) is 9.89. The number of phenols is 1. The molecule has 20 heteroatoms. The second kappa shape index (κ2) is 53.2. The van der Waals surface area contributed by atoms with E-state index in [1.165, 1.54) is 12.1 Å². The summed E-state index contributed by atoms with van der Waals surface area (Å²) in [5.41, 5.74) is 5.87. The first-order valence-corrected chi connectivity index (χ1v) is 39.4. The van der Waals surface area contributed by atoms with Crippen LogP contribution in [0.2, 0.25) is 0 Å². The molecule has 10 aromatic carbocycles. The van der Waals surface area contributed by atoms with Crippen LogP contribution in [0.25, 0.3) is 0 Å². The number of aromatic hydroxyl groups is 1. The molecule has 0 amide bonds. The van der Waals surface area contributed by atoms with Gasteiger partial charge >= 0.3 is 0 Å². The molecule has 0 saturated carbocycles. The number of terminal acetylenes is 3. The number of hydrogen-bond donors (Lipinski definition) is 3. The summed E-state index contributed by atoms with van der Waals surface area (Å²) in [6, 6.07) is 69.0. The van der Waals surface area contributed by atoms with E-state index in [1.54, 1.807) is 194 Å². The Balaban J connectivity index is 0.000000226. The van der Waals surface area contributed by atoms with Crippen LogP contribution in [0.15, 0.2) is 243 Å². The van der Waals surface area contributed by atoms with E-state index in [4.69, 9.17) is 96.7 Å². The van der Waals surface area contributed by atoms with Crippen molar-refractivity contribution in [2.24, 2.45) is 5.92 Å². The summed E-state index contributed by atoms with van der Waals surface area (Å²) < 4.78 is 49.0. The molecule has 0 fully saturated rings.